The predicted molar refractivity (Wildman–Crippen MR) is 50.0 cm³/mol. The SMILES string of the molecule is CN1C(=O)CCN1C1CCNCC1. The lowest BCUT2D eigenvalue weighted by Crippen LogP contribution is -2.47. The van der Waals surface area contributed by atoms with Gasteiger partial charge in [0.1, 0.15) is 0 Å². The summed E-state index contributed by atoms with van der Waals surface area (Å²) in [6.07, 6.45) is 3.02. The molecule has 0 aromatic carbocycles. The zero-order valence-electron chi connectivity index (χ0n) is 8.12. The summed E-state index contributed by atoms with van der Waals surface area (Å²) < 4.78 is 0. The van der Waals surface area contributed by atoms with Gasteiger partial charge in [0.2, 0.25) is 5.91 Å². The Balaban J connectivity index is 1.95. The molecule has 13 heavy (non-hydrogen) atoms. The van der Waals surface area contributed by atoms with E-state index in [4.69, 9.17) is 0 Å². The average Bonchev–Trinajstić information content (AvgIpc) is 2.49. The number of hydrogen-bond donors (Lipinski definition) is 1. The summed E-state index contributed by atoms with van der Waals surface area (Å²) in [6.45, 7) is 3.09. The van der Waals surface area contributed by atoms with Crippen LogP contribution in [0, 0.1) is 0 Å². The number of carbonyl (C=O) groups is 1. The van der Waals surface area contributed by atoms with Crippen molar-refractivity contribution in [3.63, 3.8) is 0 Å². The summed E-state index contributed by atoms with van der Waals surface area (Å²) in [6, 6.07) is 0.581. The number of piperidine rings is 1. The third-order valence-electron chi connectivity index (χ3n) is 3.03. The molecule has 0 bridgehead atoms. The monoisotopic (exact) mass is 183 g/mol. The van der Waals surface area contributed by atoms with E-state index in [-0.39, 0.29) is 5.91 Å². The summed E-state index contributed by atoms with van der Waals surface area (Å²) in [5, 5.41) is 7.36. The van der Waals surface area contributed by atoms with Crippen LogP contribution in [0.4, 0.5) is 0 Å². The molecular weight excluding hydrogens is 166 g/mol. The highest BCUT2D eigenvalue weighted by Gasteiger charge is 2.31. The zero-order chi connectivity index (χ0) is 9.26. The molecule has 0 radical (unpaired) electrons. The first-order chi connectivity index (χ1) is 6.29. The van der Waals surface area contributed by atoms with Gasteiger partial charge < -0.3 is 5.32 Å². The minimum absolute atomic E-state index is 0.263. The number of nitrogens with zero attached hydrogens (tertiary/aromatic N) is 2. The van der Waals surface area contributed by atoms with Gasteiger partial charge in [-0.3, -0.25) is 9.80 Å². The highest BCUT2D eigenvalue weighted by molar-refractivity contribution is 5.77. The smallest absolute Gasteiger partial charge is 0.237 e. The molecule has 74 valence electrons. The van der Waals surface area contributed by atoms with Crippen LogP contribution >= 0.6 is 0 Å². The number of nitrogens with one attached hydrogen (secondary N) is 1. The summed E-state index contributed by atoms with van der Waals surface area (Å²) in [5.41, 5.74) is 0. The van der Waals surface area contributed by atoms with Crippen LogP contribution < -0.4 is 5.32 Å². The van der Waals surface area contributed by atoms with Crippen LogP contribution in [-0.4, -0.2) is 48.6 Å². The molecule has 2 aliphatic rings. The van der Waals surface area contributed by atoms with Crippen molar-refractivity contribution in [1.29, 1.82) is 0 Å². The van der Waals surface area contributed by atoms with E-state index in [0.29, 0.717) is 12.5 Å². The Morgan fingerprint density at radius 3 is 2.62 bits per heavy atom. The molecule has 0 atom stereocenters. The van der Waals surface area contributed by atoms with E-state index in [0.717, 1.165) is 32.5 Å². The molecule has 0 aromatic heterocycles. The van der Waals surface area contributed by atoms with Gasteiger partial charge in [-0.25, -0.2) is 5.01 Å². The molecule has 0 spiro atoms. The first kappa shape index (κ1) is 8.97. The molecular formula is C9H17N3O. The molecule has 2 heterocycles. The number of carbonyl (C=O) groups excluding carboxylic acids is 1. The van der Waals surface area contributed by atoms with Crippen LogP contribution in [0.2, 0.25) is 0 Å². The first-order valence-electron chi connectivity index (χ1n) is 5.03. The quantitative estimate of drug-likeness (QED) is 0.612. The van der Waals surface area contributed by atoms with E-state index in [9.17, 15) is 4.79 Å². The van der Waals surface area contributed by atoms with Crippen molar-refractivity contribution in [3.05, 3.63) is 0 Å². The van der Waals surface area contributed by atoms with Crippen LogP contribution in [-0.2, 0) is 4.79 Å². The Kier molecular flexibility index (Phi) is 2.51. The summed E-state index contributed by atoms with van der Waals surface area (Å²) in [5.74, 6) is 0.263. The Bertz CT molecular complexity index is 201. The fraction of sp³-hybridized carbons (Fsp3) is 0.889. The number of hydrogen-bond acceptors (Lipinski definition) is 3. The fourth-order valence-corrected chi connectivity index (χ4v) is 2.20. The van der Waals surface area contributed by atoms with E-state index < -0.39 is 0 Å². The molecule has 0 aliphatic carbocycles. The molecule has 2 saturated heterocycles. The Hall–Kier alpha value is -0.610. The van der Waals surface area contributed by atoms with Gasteiger partial charge in [-0.2, -0.15) is 0 Å². The van der Waals surface area contributed by atoms with Crippen LogP contribution in [0.1, 0.15) is 19.3 Å². The van der Waals surface area contributed by atoms with Crippen molar-refractivity contribution in [1.82, 2.24) is 15.3 Å². The molecule has 1 N–H and O–H groups in total. The van der Waals surface area contributed by atoms with E-state index in [2.05, 4.69) is 10.3 Å². The van der Waals surface area contributed by atoms with Gasteiger partial charge in [0.25, 0.3) is 0 Å². The second-order valence-corrected chi connectivity index (χ2v) is 3.81. The maximum Gasteiger partial charge on any atom is 0.237 e. The van der Waals surface area contributed by atoms with E-state index >= 15 is 0 Å². The van der Waals surface area contributed by atoms with Crippen molar-refractivity contribution in [2.45, 2.75) is 25.3 Å². The van der Waals surface area contributed by atoms with Gasteiger partial charge in [0.05, 0.1) is 0 Å². The van der Waals surface area contributed by atoms with E-state index in [1.165, 1.54) is 0 Å². The van der Waals surface area contributed by atoms with Crippen molar-refractivity contribution in [3.8, 4) is 0 Å². The third kappa shape index (κ3) is 1.69. The normalized spacial score (nSPS) is 27.2. The van der Waals surface area contributed by atoms with Crippen LogP contribution in [0.3, 0.4) is 0 Å². The fourth-order valence-electron chi connectivity index (χ4n) is 2.20. The minimum Gasteiger partial charge on any atom is -0.317 e. The Labute approximate surface area is 78.8 Å². The molecule has 0 aromatic rings. The first-order valence-corrected chi connectivity index (χ1v) is 5.03. The lowest BCUT2D eigenvalue weighted by Gasteiger charge is -2.35. The molecule has 2 aliphatic heterocycles. The standard InChI is InChI=1S/C9H17N3O/c1-11-9(13)4-7-12(11)8-2-5-10-6-3-8/h8,10H,2-7H2,1H3. The van der Waals surface area contributed by atoms with Crippen molar-refractivity contribution in [2.24, 2.45) is 0 Å². The number of amides is 1. The van der Waals surface area contributed by atoms with Crippen molar-refractivity contribution in [2.75, 3.05) is 26.7 Å². The van der Waals surface area contributed by atoms with Crippen LogP contribution in [0.25, 0.3) is 0 Å². The van der Waals surface area contributed by atoms with E-state index in [1.54, 1.807) is 5.01 Å². The topological polar surface area (TPSA) is 35.6 Å². The summed E-state index contributed by atoms with van der Waals surface area (Å²) in [4.78, 5) is 11.3. The molecule has 0 unspecified atom stereocenters. The Morgan fingerprint density at radius 1 is 1.38 bits per heavy atom. The van der Waals surface area contributed by atoms with Crippen molar-refractivity contribution < 1.29 is 4.79 Å². The van der Waals surface area contributed by atoms with Gasteiger partial charge in [-0.15, -0.1) is 0 Å². The molecule has 2 rings (SSSR count). The second-order valence-electron chi connectivity index (χ2n) is 3.81. The van der Waals surface area contributed by atoms with Crippen LogP contribution in [0.5, 0.6) is 0 Å². The molecule has 4 heteroatoms. The lowest BCUT2D eigenvalue weighted by molar-refractivity contribution is -0.138. The van der Waals surface area contributed by atoms with Gasteiger partial charge in [-0.05, 0) is 25.9 Å². The minimum atomic E-state index is 0.263. The lowest BCUT2D eigenvalue weighted by atomic mass is 10.1. The molecule has 1 amide bonds. The van der Waals surface area contributed by atoms with Gasteiger partial charge in [0, 0.05) is 26.1 Å². The number of rotatable bonds is 1. The second kappa shape index (κ2) is 3.64. The van der Waals surface area contributed by atoms with Gasteiger partial charge in [0.15, 0.2) is 0 Å². The van der Waals surface area contributed by atoms with Crippen LogP contribution in [0.15, 0.2) is 0 Å². The maximum atomic E-state index is 11.3. The average molecular weight is 183 g/mol. The van der Waals surface area contributed by atoms with E-state index in [1.807, 2.05) is 7.05 Å². The highest BCUT2D eigenvalue weighted by atomic mass is 16.2. The number of hydrazine groups is 1. The predicted octanol–water partition coefficient (Wildman–Crippen LogP) is -0.182. The summed E-state index contributed by atoms with van der Waals surface area (Å²) in [7, 11) is 1.89. The largest absolute Gasteiger partial charge is 0.317 e. The third-order valence-corrected chi connectivity index (χ3v) is 3.03. The highest BCUT2D eigenvalue weighted by Crippen LogP contribution is 2.19. The molecule has 2 fully saturated rings. The molecule has 0 saturated carbocycles. The zero-order valence-corrected chi connectivity index (χ0v) is 8.12. The maximum absolute atomic E-state index is 11.3. The Morgan fingerprint density at radius 2 is 2.08 bits per heavy atom. The van der Waals surface area contributed by atoms with Crippen molar-refractivity contribution >= 4 is 5.91 Å². The summed E-state index contributed by atoms with van der Waals surface area (Å²) >= 11 is 0. The molecule has 4 nitrogen and oxygen atoms in total. The van der Waals surface area contributed by atoms with Gasteiger partial charge >= 0.3 is 0 Å². The van der Waals surface area contributed by atoms with Gasteiger partial charge in [-0.1, -0.05) is 0 Å².